The van der Waals surface area contributed by atoms with Crippen molar-refractivity contribution in [3.05, 3.63) is 28.2 Å². The highest BCUT2D eigenvalue weighted by Gasteiger charge is 2.10. The van der Waals surface area contributed by atoms with Crippen molar-refractivity contribution in [2.45, 2.75) is 39.5 Å². The average molecular weight is 327 g/mol. The number of carbonyl (C=O) groups excluding carboxylic acids is 1. The summed E-state index contributed by atoms with van der Waals surface area (Å²) in [7, 11) is 0. The maximum Gasteiger partial charge on any atom is 0.224 e. The SMILES string of the molecule is CCC(CCN)CCC(=O)Nc1cccc(C)c1Br. The second kappa shape index (κ2) is 8.33. The molecule has 0 aromatic heterocycles. The van der Waals surface area contributed by atoms with Gasteiger partial charge in [0.1, 0.15) is 0 Å². The molecule has 1 amide bonds. The maximum absolute atomic E-state index is 11.9. The number of benzene rings is 1. The van der Waals surface area contributed by atoms with Crippen LogP contribution in [0.25, 0.3) is 0 Å². The molecule has 0 bridgehead atoms. The van der Waals surface area contributed by atoms with E-state index in [0.717, 1.165) is 35.0 Å². The predicted molar refractivity (Wildman–Crippen MR) is 84.2 cm³/mol. The van der Waals surface area contributed by atoms with E-state index in [-0.39, 0.29) is 5.91 Å². The van der Waals surface area contributed by atoms with Gasteiger partial charge in [-0.25, -0.2) is 0 Å². The number of aryl methyl sites for hydroxylation is 1. The minimum atomic E-state index is 0.0711. The number of carbonyl (C=O) groups is 1. The zero-order chi connectivity index (χ0) is 14.3. The molecular weight excluding hydrogens is 304 g/mol. The van der Waals surface area contributed by atoms with Crippen LogP contribution < -0.4 is 11.1 Å². The van der Waals surface area contributed by atoms with E-state index in [2.05, 4.69) is 28.2 Å². The lowest BCUT2D eigenvalue weighted by Crippen LogP contribution is -2.15. The lowest BCUT2D eigenvalue weighted by atomic mass is 9.96. The molecule has 0 saturated heterocycles. The van der Waals surface area contributed by atoms with Crippen molar-refractivity contribution < 1.29 is 4.79 Å². The van der Waals surface area contributed by atoms with E-state index in [9.17, 15) is 4.79 Å². The van der Waals surface area contributed by atoms with Gasteiger partial charge in [-0.15, -0.1) is 0 Å². The van der Waals surface area contributed by atoms with Crippen LogP contribution in [-0.4, -0.2) is 12.5 Å². The third-order valence-electron chi connectivity index (χ3n) is 3.40. The van der Waals surface area contributed by atoms with Gasteiger partial charge in [-0.05, 0) is 59.8 Å². The van der Waals surface area contributed by atoms with E-state index in [4.69, 9.17) is 5.73 Å². The lowest BCUT2D eigenvalue weighted by Gasteiger charge is -2.14. The Bertz CT molecular complexity index is 421. The summed E-state index contributed by atoms with van der Waals surface area (Å²) in [6.07, 6.45) is 3.54. The number of halogens is 1. The van der Waals surface area contributed by atoms with Crippen molar-refractivity contribution in [2.75, 3.05) is 11.9 Å². The molecule has 1 atom stereocenters. The van der Waals surface area contributed by atoms with Crippen molar-refractivity contribution >= 4 is 27.5 Å². The predicted octanol–water partition coefficient (Wildman–Crippen LogP) is 3.85. The van der Waals surface area contributed by atoms with Crippen molar-refractivity contribution in [3.8, 4) is 0 Å². The molecule has 3 nitrogen and oxygen atoms in total. The number of nitrogens with two attached hydrogens (primary N) is 1. The molecule has 0 fully saturated rings. The largest absolute Gasteiger partial charge is 0.330 e. The number of hydrogen-bond acceptors (Lipinski definition) is 2. The lowest BCUT2D eigenvalue weighted by molar-refractivity contribution is -0.116. The highest BCUT2D eigenvalue weighted by Crippen LogP contribution is 2.26. The Balaban J connectivity index is 2.49. The molecule has 4 heteroatoms. The van der Waals surface area contributed by atoms with Gasteiger partial charge in [-0.2, -0.15) is 0 Å². The summed E-state index contributed by atoms with van der Waals surface area (Å²) >= 11 is 3.50. The quantitative estimate of drug-likeness (QED) is 0.799. The fourth-order valence-corrected chi connectivity index (χ4v) is 2.44. The Morgan fingerprint density at radius 1 is 1.42 bits per heavy atom. The van der Waals surface area contributed by atoms with Crippen LogP contribution >= 0.6 is 15.9 Å². The van der Waals surface area contributed by atoms with E-state index >= 15 is 0 Å². The third kappa shape index (κ3) is 5.33. The molecule has 0 aliphatic rings. The Hall–Kier alpha value is -0.870. The minimum absolute atomic E-state index is 0.0711. The highest BCUT2D eigenvalue weighted by molar-refractivity contribution is 9.10. The molecule has 0 aliphatic heterocycles. The third-order valence-corrected chi connectivity index (χ3v) is 4.45. The minimum Gasteiger partial charge on any atom is -0.330 e. The number of hydrogen-bond donors (Lipinski definition) is 2. The van der Waals surface area contributed by atoms with Crippen LogP contribution in [0.15, 0.2) is 22.7 Å². The van der Waals surface area contributed by atoms with Gasteiger partial charge in [0.05, 0.1) is 5.69 Å². The van der Waals surface area contributed by atoms with Crippen LogP contribution in [0.3, 0.4) is 0 Å². The van der Waals surface area contributed by atoms with Crippen molar-refractivity contribution in [3.63, 3.8) is 0 Å². The van der Waals surface area contributed by atoms with Crippen LogP contribution in [0.1, 0.15) is 38.2 Å². The summed E-state index contributed by atoms with van der Waals surface area (Å²) in [5.41, 5.74) is 7.53. The summed E-state index contributed by atoms with van der Waals surface area (Å²) in [4.78, 5) is 11.9. The van der Waals surface area contributed by atoms with Gasteiger partial charge in [0.25, 0.3) is 0 Å². The summed E-state index contributed by atoms with van der Waals surface area (Å²) in [6.45, 7) is 4.85. The Labute approximate surface area is 124 Å². The zero-order valence-corrected chi connectivity index (χ0v) is 13.3. The summed E-state index contributed by atoms with van der Waals surface area (Å²) in [5.74, 6) is 0.624. The van der Waals surface area contributed by atoms with Crippen LogP contribution in [0.4, 0.5) is 5.69 Å². The first-order valence-electron chi connectivity index (χ1n) is 6.83. The number of amides is 1. The van der Waals surface area contributed by atoms with E-state index in [1.54, 1.807) is 0 Å². The number of rotatable bonds is 7. The van der Waals surface area contributed by atoms with E-state index in [1.807, 2.05) is 25.1 Å². The van der Waals surface area contributed by atoms with Crippen LogP contribution in [0.2, 0.25) is 0 Å². The first-order chi connectivity index (χ1) is 9.08. The molecular formula is C15H23BrN2O. The van der Waals surface area contributed by atoms with Crippen LogP contribution in [0.5, 0.6) is 0 Å². The second-order valence-corrected chi connectivity index (χ2v) is 5.67. The maximum atomic E-state index is 11.9. The summed E-state index contributed by atoms with van der Waals surface area (Å²) in [5, 5.41) is 2.96. The number of anilines is 1. The molecule has 3 N–H and O–H groups in total. The van der Waals surface area contributed by atoms with Gasteiger partial charge < -0.3 is 11.1 Å². The van der Waals surface area contributed by atoms with Crippen molar-refractivity contribution in [2.24, 2.45) is 11.7 Å². The second-order valence-electron chi connectivity index (χ2n) is 4.87. The van der Waals surface area contributed by atoms with Crippen molar-refractivity contribution in [1.29, 1.82) is 0 Å². The Morgan fingerprint density at radius 2 is 2.16 bits per heavy atom. The standard InChI is InChI=1S/C15H23BrN2O/c1-3-12(9-10-17)7-8-14(19)18-13-6-4-5-11(2)15(13)16/h4-6,12H,3,7-10,17H2,1-2H3,(H,18,19). The first kappa shape index (κ1) is 16.2. The fourth-order valence-electron chi connectivity index (χ4n) is 2.08. The molecule has 0 saturated carbocycles. The molecule has 1 aromatic rings. The molecule has 1 aromatic carbocycles. The van der Waals surface area contributed by atoms with Crippen LogP contribution in [0, 0.1) is 12.8 Å². The van der Waals surface area contributed by atoms with Gasteiger partial charge >= 0.3 is 0 Å². The summed E-state index contributed by atoms with van der Waals surface area (Å²) in [6, 6.07) is 5.86. The molecule has 0 aliphatic carbocycles. The van der Waals surface area contributed by atoms with Gasteiger partial charge in [0, 0.05) is 10.9 Å². The van der Waals surface area contributed by atoms with Gasteiger partial charge in [0.2, 0.25) is 5.91 Å². The van der Waals surface area contributed by atoms with E-state index in [1.165, 1.54) is 0 Å². The monoisotopic (exact) mass is 326 g/mol. The topological polar surface area (TPSA) is 55.1 Å². The van der Waals surface area contributed by atoms with E-state index in [0.29, 0.717) is 18.9 Å². The van der Waals surface area contributed by atoms with Gasteiger partial charge in [-0.3, -0.25) is 4.79 Å². The fraction of sp³-hybridized carbons (Fsp3) is 0.533. The smallest absolute Gasteiger partial charge is 0.224 e. The average Bonchev–Trinajstić information content (AvgIpc) is 2.40. The van der Waals surface area contributed by atoms with Gasteiger partial charge in [-0.1, -0.05) is 25.5 Å². The molecule has 1 rings (SSSR count). The molecule has 19 heavy (non-hydrogen) atoms. The van der Waals surface area contributed by atoms with Gasteiger partial charge in [0.15, 0.2) is 0 Å². The molecule has 0 heterocycles. The summed E-state index contributed by atoms with van der Waals surface area (Å²) < 4.78 is 0.956. The van der Waals surface area contributed by atoms with Crippen molar-refractivity contribution in [1.82, 2.24) is 0 Å². The zero-order valence-electron chi connectivity index (χ0n) is 11.7. The number of nitrogens with one attached hydrogen (secondary N) is 1. The highest BCUT2D eigenvalue weighted by atomic mass is 79.9. The first-order valence-corrected chi connectivity index (χ1v) is 7.62. The van der Waals surface area contributed by atoms with E-state index < -0.39 is 0 Å². The molecule has 0 radical (unpaired) electrons. The Morgan fingerprint density at radius 3 is 2.79 bits per heavy atom. The van der Waals surface area contributed by atoms with Crippen LogP contribution in [-0.2, 0) is 4.79 Å². The molecule has 106 valence electrons. The molecule has 0 spiro atoms. The Kier molecular flexibility index (Phi) is 7.10. The normalized spacial score (nSPS) is 12.2. The molecule has 1 unspecified atom stereocenters.